The summed E-state index contributed by atoms with van der Waals surface area (Å²) in [7, 11) is 2.04. The molecule has 0 spiro atoms. The smallest absolute Gasteiger partial charge is 0.338 e. The van der Waals surface area contributed by atoms with Crippen LogP contribution in [0.3, 0.4) is 0 Å². The minimum atomic E-state index is -0.317. The van der Waals surface area contributed by atoms with E-state index in [2.05, 4.69) is 22.9 Å². The van der Waals surface area contributed by atoms with Crippen molar-refractivity contribution >= 4 is 5.97 Å². The highest BCUT2D eigenvalue weighted by Crippen LogP contribution is 2.15. The zero-order valence-electron chi connectivity index (χ0n) is 25.2. The molecule has 0 bridgehead atoms. The van der Waals surface area contributed by atoms with Gasteiger partial charge in [-0.3, -0.25) is 0 Å². The Morgan fingerprint density at radius 2 is 1.49 bits per heavy atom. The fourth-order valence-electron chi connectivity index (χ4n) is 4.97. The molecule has 1 heterocycles. The van der Waals surface area contributed by atoms with Crippen molar-refractivity contribution in [2.75, 3.05) is 40.1 Å². The van der Waals surface area contributed by atoms with Crippen LogP contribution in [0.2, 0.25) is 0 Å². The van der Waals surface area contributed by atoms with Crippen molar-refractivity contribution < 1.29 is 19.0 Å². The number of rotatable bonds is 24. The maximum absolute atomic E-state index is 12.7. The van der Waals surface area contributed by atoms with Gasteiger partial charge in [0.15, 0.2) is 0 Å². The van der Waals surface area contributed by atoms with E-state index in [9.17, 15) is 4.79 Å². The zero-order chi connectivity index (χ0) is 28.0. The molecular weight excluding hydrogens is 488 g/mol. The summed E-state index contributed by atoms with van der Waals surface area (Å²) in [6, 6.07) is 7.67. The van der Waals surface area contributed by atoms with Crippen LogP contribution in [0.5, 0.6) is 0 Å². The van der Waals surface area contributed by atoms with Crippen LogP contribution < -0.4 is 0 Å². The van der Waals surface area contributed by atoms with Crippen LogP contribution in [0, 0.1) is 0 Å². The Kier molecular flexibility index (Phi) is 18.5. The molecule has 2 rings (SSSR count). The average Bonchev–Trinajstić information content (AvgIpc) is 3.35. The highest BCUT2D eigenvalue weighted by molar-refractivity contribution is 5.89. The molecule has 39 heavy (non-hydrogen) atoms. The number of carbonyl (C=O) groups is 1. The fourth-order valence-corrected chi connectivity index (χ4v) is 4.97. The van der Waals surface area contributed by atoms with E-state index in [1.54, 1.807) is 6.07 Å². The van der Waals surface area contributed by atoms with Crippen molar-refractivity contribution in [3.8, 4) is 0 Å². The van der Waals surface area contributed by atoms with Gasteiger partial charge in [0, 0.05) is 39.2 Å². The van der Waals surface area contributed by atoms with Crippen molar-refractivity contribution in [2.24, 2.45) is 0 Å². The fraction of sp³-hybridized carbons (Fsp3) is 0.727. The third kappa shape index (κ3) is 16.0. The van der Waals surface area contributed by atoms with Crippen molar-refractivity contribution in [3.05, 3.63) is 47.8 Å². The molecule has 1 aromatic carbocycles. The molecule has 1 aliphatic rings. The highest BCUT2D eigenvalue weighted by atomic mass is 16.6. The van der Waals surface area contributed by atoms with Gasteiger partial charge in [-0.1, -0.05) is 103 Å². The first kappa shape index (κ1) is 33.2. The number of nitrogens with zero attached hydrogens (tertiary/aromatic N) is 2. The first-order chi connectivity index (χ1) is 19.1. The molecule has 1 aliphatic heterocycles. The van der Waals surface area contributed by atoms with E-state index in [0.717, 1.165) is 31.8 Å². The number of benzene rings is 1. The highest BCUT2D eigenvalue weighted by Gasteiger charge is 2.15. The molecule has 1 atom stereocenters. The number of hydrogen-bond donors (Lipinski definition) is 0. The molecule has 0 radical (unpaired) electrons. The van der Waals surface area contributed by atoms with Gasteiger partial charge in [0.05, 0.1) is 18.8 Å². The average molecular weight is 545 g/mol. The summed E-state index contributed by atoms with van der Waals surface area (Å²) in [5, 5.41) is 0. The molecule has 0 aromatic heterocycles. The Morgan fingerprint density at radius 1 is 0.846 bits per heavy atom. The number of esters is 1. The summed E-state index contributed by atoms with van der Waals surface area (Å²) in [6.45, 7) is 7.80. The van der Waals surface area contributed by atoms with Gasteiger partial charge >= 0.3 is 5.97 Å². The van der Waals surface area contributed by atoms with E-state index >= 15 is 0 Å². The van der Waals surface area contributed by atoms with E-state index in [-0.39, 0.29) is 18.7 Å². The van der Waals surface area contributed by atoms with Gasteiger partial charge < -0.3 is 24.0 Å². The molecule has 0 saturated heterocycles. The minimum absolute atomic E-state index is 0.204. The van der Waals surface area contributed by atoms with Gasteiger partial charge in [0.1, 0.15) is 12.7 Å². The predicted octanol–water partition coefficient (Wildman–Crippen LogP) is 7.92. The Bertz CT molecular complexity index is 785. The standard InChI is InChI=1S/C33H56N2O4/c1-4-6-7-8-9-10-11-12-13-14-15-16-17-18-24-37-27-32(38-5-2)28-39-33(36)31-21-19-20-30(25-31)26-35-23-22-34(3)29-35/h19-23,25,32H,4-18,24,26-29H2,1-3H3. The van der Waals surface area contributed by atoms with Crippen LogP contribution in [0.25, 0.3) is 0 Å². The molecule has 0 amide bonds. The van der Waals surface area contributed by atoms with E-state index in [1.165, 1.54) is 83.5 Å². The summed E-state index contributed by atoms with van der Waals surface area (Å²) in [6.07, 6.45) is 22.8. The summed E-state index contributed by atoms with van der Waals surface area (Å²) >= 11 is 0. The molecule has 222 valence electrons. The first-order valence-corrected chi connectivity index (χ1v) is 15.7. The Labute approximate surface area is 239 Å². The monoisotopic (exact) mass is 544 g/mol. The lowest BCUT2D eigenvalue weighted by molar-refractivity contribution is -0.0465. The molecule has 1 aromatic rings. The van der Waals surface area contributed by atoms with Gasteiger partial charge in [-0.2, -0.15) is 0 Å². The van der Waals surface area contributed by atoms with Crippen molar-refractivity contribution in [1.82, 2.24) is 9.80 Å². The second-order valence-electron chi connectivity index (χ2n) is 11.0. The van der Waals surface area contributed by atoms with Crippen molar-refractivity contribution in [2.45, 2.75) is 116 Å². The lowest BCUT2D eigenvalue weighted by Gasteiger charge is -2.19. The third-order valence-corrected chi connectivity index (χ3v) is 7.23. The summed E-state index contributed by atoms with van der Waals surface area (Å²) in [5.41, 5.74) is 1.66. The maximum atomic E-state index is 12.7. The van der Waals surface area contributed by atoms with Crippen LogP contribution in [-0.2, 0) is 20.8 Å². The molecule has 0 aliphatic carbocycles. The normalized spacial score (nSPS) is 13.8. The lowest BCUT2D eigenvalue weighted by atomic mass is 10.0. The van der Waals surface area contributed by atoms with Crippen LogP contribution in [0.1, 0.15) is 120 Å². The van der Waals surface area contributed by atoms with E-state index in [1.807, 2.05) is 38.4 Å². The quantitative estimate of drug-likeness (QED) is 0.0973. The molecule has 6 heteroatoms. The SMILES string of the molecule is CCCCCCCCCCCCCCCCOCC(COC(=O)c1cccc(CN2C=CN(C)C2)c1)OCC. The van der Waals surface area contributed by atoms with Crippen LogP contribution in [0.4, 0.5) is 0 Å². The van der Waals surface area contributed by atoms with Gasteiger partial charge in [-0.05, 0) is 31.0 Å². The van der Waals surface area contributed by atoms with Gasteiger partial charge in [-0.15, -0.1) is 0 Å². The Morgan fingerprint density at radius 3 is 2.08 bits per heavy atom. The zero-order valence-corrected chi connectivity index (χ0v) is 25.2. The first-order valence-electron chi connectivity index (χ1n) is 15.7. The Balaban J connectivity index is 1.49. The summed E-state index contributed by atoms with van der Waals surface area (Å²) < 4.78 is 17.2. The molecule has 6 nitrogen and oxygen atoms in total. The van der Waals surface area contributed by atoms with Gasteiger partial charge in [0.25, 0.3) is 0 Å². The van der Waals surface area contributed by atoms with E-state index in [4.69, 9.17) is 14.2 Å². The van der Waals surface area contributed by atoms with E-state index < -0.39 is 0 Å². The molecule has 0 fully saturated rings. The molecule has 1 unspecified atom stereocenters. The number of carbonyl (C=O) groups excluding carboxylic acids is 1. The van der Waals surface area contributed by atoms with E-state index in [0.29, 0.717) is 18.8 Å². The lowest BCUT2D eigenvalue weighted by Crippen LogP contribution is -2.27. The minimum Gasteiger partial charge on any atom is -0.459 e. The Hall–Kier alpha value is -2.05. The maximum Gasteiger partial charge on any atom is 0.338 e. The van der Waals surface area contributed by atoms with Gasteiger partial charge in [-0.25, -0.2) is 4.79 Å². The predicted molar refractivity (Wildman–Crippen MR) is 161 cm³/mol. The van der Waals surface area contributed by atoms with Crippen LogP contribution in [0.15, 0.2) is 36.7 Å². The number of ether oxygens (including phenoxy) is 3. The van der Waals surface area contributed by atoms with Crippen molar-refractivity contribution in [1.29, 1.82) is 0 Å². The third-order valence-electron chi connectivity index (χ3n) is 7.23. The molecule has 0 N–H and O–H groups in total. The molecular formula is C33H56N2O4. The summed E-state index contributed by atoms with van der Waals surface area (Å²) in [5.74, 6) is -0.317. The second kappa shape index (κ2) is 21.7. The largest absolute Gasteiger partial charge is 0.459 e. The van der Waals surface area contributed by atoms with Crippen LogP contribution in [-0.4, -0.2) is 62.0 Å². The summed E-state index contributed by atoms with van der Waals surface area (Å²) in [4.78, 5) is 17.0. The van der Waals surface area contributed by atoms with Crippen LogP contribution >= 0.6 is 0 Å². The van der Waals surface area contributed by atoms with Gasteiger partial charge in [0.2, 0.25) is 0 Å². The molecule has 0 saturated carbocycles. The second-order valence-corrected chi connectivity index (χ2v) is 11.0. The topological polar surface area (TPSA) is 51.2 Å². The number of unbranched alkanes of at least 4 members (excludes halogenated alkanes) is 13. The number of hydrogen-bond acceptors (Lipinski definition) is 6. The van der Waals surface area contributed by atoms with Crippen molar-refractivity contribution in [3.63, 3.8) is 0 Å².